The van der Waals surface area contributed by atoms with Crippen LogP contribution in [0.2, 0.25) is 0 Å². The van der Waals surface area contributed by atoms with E-state index in [1.807, 2.05) is 18.2 Å². The summed E-state index contributed by atoms with van der Waals surface area (Å²) >= 11 is 2.69. The van der Waals surface area contributed by atoms with Crippen LogP contribution in [-0.2, 0) is 0 Å². The third-order valence-electron chi connectivity index (χ3n) is 3.44. The maximum Gasteiger partial charge on any atom is 0.123 e. The molecule has 0 unspecified atom stereocenters. The molecule has 17 heavy (non-hydrogen) atoms. The molecule has 0 atom stereocenters. The molecule has 0 aromatic heterocycles. The van der Waals surface area contributed by atoms with Crippen molar-refractivity contribution >= 4 is 39.2 Å². The van der Waals surface area contributed by atoms with Gasteiger partial charge in [0.15, 0.2) is 0 Å². The zero-order valence-electron chi connectivity index (χ0n) is 9.53. The SMILES string of the molecule is Oc1ccc(S2(I)CCCC2)c2ccccc12. The number of hydrogen-bond donors (Lipinski definition) is 1. The molecule has 2 aromatic carbocycles. The highest BCUT2D eigenvalue weighted by atomic mass is 127. The minimum absolute atomic E-state index is 0.404. The van der Waals surface area contributed by atoms with Crippen molar-refractivity contribution in [3.8, 4) is 5.75 Å². The van der Waals surface area contributed by atoms with Gasteiger partial charge in [-0.1, -0.05) is 24.3 Å². The Labute approximate surface area is 115 Å². The molecule has 0 spiro atoms. The Morgan fingerprint density at radius 1 is 0.941 bits per heavy atom. The van der Waals surface area contributed by atoms with Crippen LogP contribution in [0.15, 0.2) is 41.3 Å². The van der Waals surface area contributed by atoms with E-state index in [9.17, 15) is 5.11 Å². The van der Waals surface area contributed by atoms with Crippen LogP contribution in [0.4, 0.5) is 0 Å². The molecule has 1 aliphatic rings. The Morgan fingerprint density at radius 2 is 1.59 bits per heavy atom. The second kappa shape index (κ2) is 4.35. The molecule has 0 bridgehead atoms. The minimum atomic E-state index is -0.667. The van der Waals surface area contributed by atoms with E-state index in [0.717, 1.165) is 5.39 Å². The van der Waals surface area contributed by atoms with Crippen molar-refractivity contribution in [1.82, 2.24) is 0 Å². The average molecular weight is 358 g/mol. The molecule has 1 N–H and O–H groups in total. The fourth-order valence-corrected chi connectivity index (χ4v) is 8.43. The summed E-state index contributed by atoms with van der Waals surface area (Å²) in [6.45, 7) is 0. The first kappa shape index (κ1) is 11.7. The third kappa shape index (κ3) is 1.93. The number of phenolic OH excluding ortho intramolecular Hbond substituents is 1. The Hall–Kier alpha value is -0.420. The molecule has 1 saturated heterocycles. The zero-order valence-corrected chi connectivity index (χ0v) is 12.5. The van der Waals surface area contributed by atoms with Crippen molar-refractivity contribution < 1.29 is 5.11 Å². The molecule has 1 heterocycles. The van der Waals surface area contributed by atoms with Gasteiger partial charge in [-0.15, -0.1) is 0 Å². The van der Waals surface area contributed by atoms with E-state index >= 15 is 0 Å². The van der Waals surface area contributed by atoms with E-state index in [2.05, 4.69) is 39.4 Å². The lowest BCUT2D eigenvalue weighted by molar-refractivity contribution is 0.481. The van der Waals surface area contributed by atoms with E-state index in [1.165, 1.54) is 34.6 Å². The van der Waals surface area contributed by atoms with Crippen molar-refractivity contribution in [2.75, 3.05) is 11.5 Å². The van der Waals surface area contributed by atoms with Crippen LogP contribution < -0.4 is 0 Å². The maximum atomic E-state index is 9.93. The van der Waals surface area contributed by atoms with Gasteiger partial charge in [0.2, 0.25) is 0 Å². The normalized spacial score (nSPS) is 20.5. The first-order valence-electron chi connectivity index (χ1n) is 5.90. The Kier molecular flexibility index (Phi) is 2.99. The zero-order chi connectivity index (χ0) is 11.9. The van der Waals surface area contributed by atoms with Crippen LogP contribution in [0.1, 0.15) is 12.8 Å². The van der Waals surface area contributed by atoms with E-state index in [0.29, 0.717) is 5.75 Å². The summed E-state index contributed by atoms with van der Waals surface area (Å²) in [6.07, 6.45) is 2.71. The Morgan fingerprint density at radius 3 is 2.29 bits per heavy atom. The van der Waals surface area contributed by atoms with Gasteiger partial charge in [-0.3, -0.25) is 0 Å². The molecule has 3 rings (SSSR count). The molecular formula is C14H15IOS. The van der Waals surface area contributed by atoms with Crippen LogP contribution in [0.5, 0.6) is 5.75 Å². The summed E-state index contributed by atoms with van der Waals surface area (Å²) < 4.78 is 0. The molecule has 0 saturated carbocycles. The van der Waals surface area contributed by atoms with E-state index in [-0.39, 0.29) is 0 Å². The van der Waals surface area contributed by atoms with Gasteiger partial charge in [-0.2, -0.15) is 7.20 Å². The van der Waals surface area contributed by atoms with Gasteiger partial charge >= 0.3 is 0 Å². The van der Waals surface area contributed by atoms with Gasteiger partial charge < -0.3 is 5.11 Å². The summed E-state index contributed by atoms with van der Waals surface area (Å²) in [5, 5.41) is 12.2. The number of phenols is 1. The fraction of sp³-hybridized carbons (Fsp3) is 0.286. The molecule has 3 heteroatoms. The van der Waals surface area contributed by atoms with Gasteiger partial charge in [0.1, 0.15) is 5.75 Å². The van der Waals surface area contributed by atoms with E-state index < -0.39 is 7.20 Å². The number of fused-ring (bicyclic) bond motifs is 1. The van der Waals surface area contributed by atoms with Gasteiger partial charge in [0, 0.05) is 10.3 Å². The lowest BCUT2D eigenvalue weighted by atomic mass is 10.1. The largest absolute Gasteiger partial charge is 0.507 e. The summed E-state index contributed by atoms with van der Waals surface area (Å²) in [7, 11) is -0.667. The van der Waals surface area contributed by atoms with Gasteiger partial charge in [0.05, 0.1) is 0 Å². The molecule has 0 amide bonds. The summed E-state index contributed by atoms with van der Waals surface area (Å²) in [5.74, 6) is 3.08. The number of hydrogen-bond acceptors (Lipinski definition) is 1. The van der Waals surface area contributed by atoms with Crippen molar-refractivity contribution in [3.63, 3.8) is 0 Å². The van der Waals surface area contributed by atoms with E-state index in [1.54, 1.807) is 0 Å². The number of rotatable bonds is 1. The van der Waals surface area contributed by atoms with Crippen molar-refractivity contribution in [2.45, 2.75) is 17.7 Å². The summed E-state index contributed by atoms with van der Waals surface area (Å²) in [4.78, 5) is 1.48. The number of halogens is 1. The molecule has 0 radical (unpaired) electrons. The molecule has 1 aliphatic heterocycles. The number of benzene rings is 2. The van der Waals surface area contributed by atoms with Crippen LogP contribution in [0.3, 0.4) is 0 Å². The molecule has 2 aromatic rings. The van der Waals surface area contributed by atoms with Crippen LogP contribution in [0, 0.1) is 0 Å². The number of aromatic hydroxyl groups is 1. The highest BCUT2D eigenvalue weighted by Gasteiger charge is 2.29. The highest BCUT2D eigenvalue weighted by molar-refractivity contribution is 14.2. The predicted molar refractivity (Wildman–Crippen MR) is 84.5 cm³/mol. The second-order valence-electron chi connectivity index (χ2n) is 4.53. The first-order chi connectivity index (χ1) is 8.21. The Balaban J connectivity index is 2.27. The fourth-order valence-electron chi connectivity index (χ4n) is 2.56. The van der Waals surface area contributed by atoms with Gasteiger partial charge in [-0.05, 0) is 63.1 Å². The van der Waals surface area contributed by atoms with Gasteiger partial charge in [0.25, 0.3) is 0 Å². The van der Waals surface area contributed by atoms with Crippen molar-refractivity contribution in [3.05, 3.63) is 36.4 Å². The molecule has 90 valence electrons. The van der Waals surface area contributed by atoms with E-state index in [4.69, 9.17) is 0 Å². The maximum absolute atomic E-state index is 9.93. The van der Waals surface area contributed by atoms with Crippen LogP contribution >= 0.6 is 28.4 Å². The lowest BCUT2D eigenvalue weighted by Crippen LogP contribution is -1.95. The lowest BCUT2D eigenvalue weighted by Gasteiger charge is -2.29. The smallest absolute Gasteiger partial charge is 0.123 e. The first-order valence-corrected chi connectivity index (χ1v) is 10.4. The second-order valence-corrected chi connectivity index (χ2v) is 12.4. The molecule has 0 aliphatic carbocycles. The monoisotopic (exact) mass is 358 g/mol. The van der Waals surface area contributed by atoms with Gasteiger partial charge in [-0.25, -0.2) is 0 Å². The van der Waals surface area contributed by atoms with Crippen LogP contribution in [-0.4, -0.2) is 16.6 Å². The van der Waals surface area contributed by atoms with Crippen molar-refractivity contribution in [2.24, 2.45) is 0 Å². The third-order valence-corrected chi connectivity index (χ3v) is 10.5. The highest BCUT2D eigenvalue weighted by Crippen LogP contribution is 2.68. The quantitative estimate of drug-likeness (QED) is 0.723. The Bertz CT molecular complexity index is 561. The topological polar surface area (TPSA) is 20.2 Å². The standard InChI is InChI=1S/C14H15IOS/c15-17(9-3-4-10-17)14-8-7-13(16)11-5-1-2-6-12(11)14/h1-2,5-8,16H,3-4,9-10H2. The summed E-state index contributed by atoms with van der Waals surface area (Å²) in [5.41, 5.74) is 0. The van der Waals surface area contributed by atoms with Crippen LogP contribution in [0.25, 0.3) is 10.8 Å². The molecular weight excluding hydrogens is 343 g/mol. The predicted octanol–water partition coefficient (Wildman–Crippen LogP) is 4.85. The summed E-state index contributed by atoms with van der Waals surface area (Å²) in [6, 6.07) is 12.2. The van der Waals surface area contributed by atoms with Crippen molar-refractivity contribution in [1.29, 1.82) is 0 Å². The minimum Gasteiger partial charge on any atom is -0.507 e. The molecule has 1 nitrogen and oxygen atoms in total. The molecule has 1 fully saturated rings. The average Bonchev–Trinajstić information content (AvgIpc) is 2.78.